The predicted octanol–water partition coefficient (Wildman–Crippen LogP) is 4.77. The van der Waals surface area contributed by atoms with Crippen molar-refractivity contribution in [3.8, 4) is 11.1 Å². The molecule has 6 heteroatoms. The summed E-state index contributed by atoms with van der Waals surface area (Å²) >= 11 is 7.23. The molecule has 0 bridgehead atoms. The van der Waals surface area contributed by atoms with E-state index < -0.39 is 5.97 Å². The van der Waals surface area contributed by atoms with Gasteiger partial charge >= 0.3 is 5.97 Å². The van der Waals surface area contributed by atoms with Crippen molar-refractivity contribution in [2.75, 3.05) is 5.32 Å². The van der Waals surface area contributed by atoms with Gasteiger partial charge in [-0.05, 0) is 17.7 Å². The van der Waals surface area contributed by atoms with E-state index in [-0.39, 0.29) is 5.56 Å². The molecule has 0 amide bonds. The Morgan fingerprint density at radius 2 is 1.96 bits per heavy atom. The summed E-state index contributed by atoms with van der Waals surface area (Å²) in [5.41, 5.74) is 2.57. The van der Waals surface area contributed by atoms with Gasteiger partial charge in [0.1, 0.15) is 0 Å². The first-order valence-corrected chi connectivity index (χ1v) is 8.10. The minimum Gasteiger partial charge on any atom is -0.478 e. The number of aromatic nitrogens is 1. The summed E-state index contributed by atoms with van der Waals surface area (Å²) in [7, 11) is 0. The summed E-state index contributed by atoms with van der Waals surface area (Å²) in [6.07, 6.45) is 1.71. The van der Waals surface area contributed by atoms with E-state index in [0.717, 1.165) is 16.1 Å². The highest BCUT2D eigenvalue weighted by Crippen LogP contribution is 2.32. The number of rotatable bonds is 5. The van der Waals surface area contributed by atoms with Crippen molar-refractivity contribution >= 4 is 34.6 Å². The standard InChI is InChI=1S/C17H13ClN2O2S/c18-17-20-10-12(23-17)9-19-14-8-4-7-13(16(21)22)15(14)11-5-2-1-3-6-11/h1-8,10,19H,9H2,(H,21,22). The average molecular weight is 345 g/mol. The fourth-order valence-corrected chi connectivity index (χ4v) is 3.26. The largest absolute Gasteiger partial charge is 0.478 e. The molecule has 2 N–H and O–H groups in total. The number of benzene rings is 2. The molecule has 0 unspecified atom stereocenters. The molecule has 0 saturated heterocycles. The van der Waals surface area contributed by atoms with E-state index in [4.69, 9.17) is 11.6 Å². The number of anilines is 1. The predicted molar refractivity (Wildman–Crippen MR) is 93.3 cm³/mol. The smallest absolute Gasteiger partial charge is 0.336 e. The van der Waals surface area contributed by atoms with Crippen LogP contribution in [-0.4, -0.2) is 16.1 Å². The van der Waals surface area contributed by atoms with Gasteiger partial charge in [-0.1, -0.05) is 48.0 Å². The van der Waals surface area contributed by atoms with E-state index in [1.54, 1.807) is 18.3 Å². The zero-order valence-electron chi connectivity index (χ0n) is 12.0. The first kappa shape index (κ1) is 15.5. The maximum Gasteiger partial charge on any atom is 0.336 e. The highest BCUT2D eigenvalue weighted by molar-refractivity contribution is 7.15. The van der Waals surface area contributed by atoms with E-state index >= 15 is 0 Å². The van der Waals surface area contributed by atoms with Crippen LogP contribution in [0.15, 0.2) is 54.7 Å². The summed E-state index contributed by atoms with van der Waals surface area (Å²) in [6.45, 7) is 0.535. The zero-order chi connectivity index (χ0) is 16.2. The second-order valence-electron chi connectivity index (χ2n) is 4.83. The Bertz CT molecular complexity index is 834. The number of thiazole rings is 1. The lowest BCUT2D eigenvalue weighted by atomic mass is 9.97. The van der Waals surface area contributed by atoms with Gasteiger partial charge < -0.3 is 10.4 Å². The summed E-state index contributed by atoms with van der Waals surface area (Å²) in [6, 6.07) is 14.7. The van der Waals surface area contributed by atoms with Crippen molar-refractivity contribution < 1.29 is 9.90 Å². The molecule has 4 nitrogen and oxygen atoms in total. The summed E-state index contributed by atoms with van der Waals surface area (Å²) in [5, 5.41) is 12.8. The third-order valence-electron chi connectivity index (χ3n) is 3.34. The van der Waals surface area contributed by atoms with Crippen molar-refractivity contribution in [3.63, 3.8) is 0 Å². The van der Waals surface area contributed by atoms with Crippen molar-refractivity contribution in [1.29, 1.82) is 0 Å². The third kappa shape index (κ3) is 3.52. The number of carbonyl (C=O) groups is 1. The van der Waals surface area contributed by atoms with Crippen LogP contribution in [0.5, 0.6) is 0 Å². The molecule has 3 aromatic rings. The van der Waals surface area contributed by atoms with E-state index in [9.17, 15) is 9.90 Å². The number of hydrogen-bond donors (Lipinski definition) is 2. The van der Waals surface area contributed by atoms with Crippen molar-refractivity contribution in [2.45, 2.75) is 6.54 Å². The summed E-state index contributed by atoms with van der Waals surface area (Å²) in [5.74, 6) is -0.951. The highest BCUT2D eigenvalue weighted by atomic mass is 35.5. The fourth-order valence-electron chi connectivity index (χ4n) is 2.34. The topological polar surface area (TPSA) is 62.2 Å². The van der Waals surface area contributed by atoms with E-state index in [0.29, 0.717) is 16.6 Å². The molecular formula is C17H13ClN2O2S. The Hall–Kier alpha value is -2.37. The van der Waals surface area contributed by atoms with Gasteiger partial charge in [-0.25, -0.2) is 9.78 Å². The minimum atomic E-state index is -0.951. The molecule has 0 aliphatic heterocycles. The molecule has 0 radical (unpaired) electrons. The van der Waals surface area contributed by atoms with Crippen LogP contribution in [0.1, 0.15) is 15.2 Å². The Balaban J connectivity index is 1.99. The van der Waals surface area contributed by atoms with E-state index in [1.165, 1.54) is 11.3 Å². The van der Waals surface area contributed by atoms with Gasteiger partial charge in [-0.3, -0.25) is 0 Å². The first-order valence-electron chi connectivity index (χ1n) is 6.91. The normalized spacial score (nSPS) is 10.5. The molecule has 2 aromatic carbocycles. The molecule has 0 spiro atoms. The lowest BCUT2D eigenvalue weighted by Crippen LogP contribution is -2.05. The van der Waals surface area contributed by atoms with Crippen LogP contribution in [0, 0.1) is 0 Å². The van der Waals surface area contributed by atoms with Gasteiger partial charge in [0, 0.05) is 22.3 Å². The maximum absolute atomic E-state index is 11.6. The SMILES string of the molecule is O=C(O)c1cccc(NCc2cnc(Cl)s2)c1-c1ccccc1. The van der Waals surface area contributed by atoms with Crippen LogP contribution in [0.4, 0.5) is 5.69 Å². The lowest BCUT2D eigenvalue weighted by Gasteiger charge is -2.14. The average Bonchev–Trinajstić information content (AvgIpc) is 2.98. The fraction of sp³-hybridized carbons (Fsp3) is 0.0588. The molecule has 0 saturated carbocycles. The molecule has 1 aromatic heterocycles. The van der Waals surface area contributed by atoms with Crippen molar-refractivity contribution in [2.24, 2.45) is 0 Å². The van der Waals surface area contributed by atoms with Gasteiger partial charge in [0.2, 0.25) is 0 Å². The van der Waals surface area contributed by atoms with Crippen LogP contribution < -0.4 is 5.32 Å². The van der Waals surface area contributed by atoms with Gasteiger partial charge in [0.05, 0.1) is 12.1 Å². The van der Waals surface area contributed by atoms with Gasteiger partial charge in [-0.2, -0.15) is 0 Å². The second-order valence-corrected chi connectivity index (χ2v) is 6.53. The van der Waals surface area contributed by atoms with Gasteiger partial charge in [-0.15, -0.1) is 11.3 Å². The number of halogens is 1. The Morgan fingerprint density at radius 3 is 2.61 bits per heavy atom. The summed E-state index contributed by atoms with van der Waals surface area (Å²) in [4.78, 5) is 16.6. The molecule has 0 aliphatic carbocycles. The van der Waals surface area contributed by atoms with Crippen LogP contribution in [0.2, 0.25) is 4.47 Å². The van der Waals surface area contributed by atoms with Crippen molar-refractivity contribution in [3.05, 3.63) is 69.6 Å². The quantitative estimate of drug-likeness (QED) is 0.699. The first-order chi connectivity index (χ1) is 11.1. The number of nitrogens with zero attached hydrogens (tertiary/aromatic N) is 1. The molecule has 23 heavy (non-hydrogen) atoms. The second kappa shape index (κ2) is 6.81. The molecule has 1 heterocycles. The number of aromatic carboxylic acids is 1. The monoisotopic (exact) mass is 344 g/mol. The Kier molecular flexibility index (Phi) is 4.60. The minimum absolute atomic E-state index is 0.267. The third-order valence-corrected chi connectivity index (χ3v) is 4.45. The Labute approximate surface area is 142 Å². The number of nitrogens with one attached hydrogen (secondary N) is 1. The zero-order valence-corrected chi connectivity index (χ0v) is 13.6. The molecule has 116 valence electrons. The van der Waals surface area contributed by atoms with Crippen LogP contribution in [-0.2, 0) is 6.54 Å². The summed E-state index contributed by atoms with van der Waals surface area (Å²) < 4.78 is 0.490. The molecule has 0 fully saturated rings. The van der Waals surface area contributed by atoms with E-state index in [1.807, 2.05) is 36.4 Å². The van der Waals surface area contributed by atoms with Gasteiger partial charge in [0.15, 0.2) is 4.47 Å². The maximum atomic E-state index is 11.6. The molecule has 0 aliphatic rings. The van der Waals surface area contributed by atoms with Crippen molar-refractivity contribution in [1.82, 2.24) is 4.98 Å². The molecule has 0 atom stereocenters. The number of carboxylic acid groups (broad SMARTS) is 1. The number of hydrogen-bond acceptors (Lipinski definition) is 4. The van der Waals surface area contributed by atoms with Crippen LogP contribution in [0.3, 0.4) is 0 Å². The molecular weight excluding hydrogens is 332 g/mol. The van der Waals surface area contributed by atoms with Crippen LogP contribution in [0.25, 0.3) is 11.1 Å². The highest BCUT2D eigenvalue weighted by Gasteiger charge is 2.15. The van der Waals surface area contributed by atoms with E-state index in [2.05, 4.69) is 10.3 Å². The van der Waals surface area contributed by atoms with Crippen LogP contribution >= 0.6 is 22.9 Å². The molecule has 3 rings (SSSR count). The van der Waals surface area contributed by atoms with Gasteiger partial charge in [0.25, 0.3) is 0 Å². The Morgan fingerprint density at radius 1 is 1.17 bits per heavy atom. The number of carboxylic acids is 1. The lowest BCUT2D eigenvalue weighted by molar-refractivity contribution is 0.0698.